The summed E-state index contributed by atoms with van der Waals surface area (Å²) in [5, 5.41) is 2.30. The van der Waals surface area contributed by atoms with Gasteiger partial charge in [-0.1, -0.05) is 60.7 Å². The minimum absolute atomic E-state index is 1.15. The molecule has 0 aromatic heterocycles. The van der Waals surface area contributed by atoms with Crippen molar-refractivity contribution in [2.24, 2.45) is 0 Å². The van der Waals surface area contributed by atoms with Crippen molar-refractivity contribution in [1.82, 2.24) is 0 Å². The Bertz CT molecular complexity index is 727. The van der Waals surface area contributed by atoms with Crippen molar-refractivity contribution >= 4 is 44.1 Å². The maximum absolute atomic E-state index is 8.00. The summed E-state index contributed by atoms with van der Waals surface area (Å²) in [5.41, 5.74) is 0. The normalized spacial score (nSPS) is 9.38. The van der Waals surface area contributed by atoms with Crippen LogP contribution in [0, 0.1) is 0 Å². The molecule has 25 heteroatoms. The second-order valence-corrected chi connectivity index (χ2v) is 25.4. The zero-order valence-corrected chi connectivity index (χ0v) is 28.8. The number of halogens is 18. The first kappa shape index (κ1) is 61.9. The van der Waals surface area contributed by atoms with E-state index in [4.69, 9.17) is 94.7 Å². The average Bonchev–Trinajstić information content (AvgIpc) is 3.08. The van der Waals surface area contributed by atoms with Crippen LogP contribution in [-0.2, 0) is 12.3 Å². The summed E-state index contributed by atoms with van der Waals surface area (Å²) in [6.45, 7) is 17.7. The topological polar surface area (TPSA) is 27.7 Å². The quantitative estimate of drug-likeness (QED) is 0.197. The van der Waals surface area contributed by atoms with E-state index in [1.165, 1.54) is 0 Å². The number of benzene rings is 2. The largest absolute Gasteiger partial charge is 0.437 e. The summed E-state index contributed by atoms with van der Waals surface area (Å²) in [6.07, 6.45) is 0. The van der Waals surface area contributed by atoms with Crippen LogP contribution in [0.4, 0.5) is 82.3 Å². The van der Waals surface area contributed by atoms with Crippen molar-refractivity contribution in [3.63, 3.8) is 0 Å². The van der Waals surface area contributed by atoms with Gasteiger partial charge in [0.25, 0.3) is 0 Å². The van der Waals surface area contributed by atoms with Gasteiger partial charge in [0, 0.05) is 82.3 Å². The molecule has 45 heavy (non-hydrogen) atoms. The standard InChI is InChI=1S/C20H34O3Si4.9F2/c1-24(2,3)21-26(7,8)23-27(22-25(4,5)6,19-15-11-9-12-16-19)20-17-13-10-14-18-20;9*1-2/h9-18H,1-8H3;;;;;;;;;. The summed E-state index contributed by atoms with van der Waals surface area (Å²) < 4.78 is 165. The molecule has 0 heterocycles. The molecule has 2 aromatic rings. The Morgan fingerprint density at radius 2 is 0.556 bits per heavy atom. The molecular formula is C20H34F18O3Si4. The first-order chi connectivity index (χ1) is 21.3. The van der Waals surface area contributed by atoms with Crippen molar-refractivity contribution < 1.29 is 94.7 Å². The van der Waals surface area contributed by atoms with Gasteiger partial charge in [-0.25, -0.2) is 0 Å². The molecule has 2 aromatic carbocycles. The fourth-order valence-electron chi connectivity index (χ4n) is 3.27. The number of hydrogen-bond acceptors (Lipinski definition) is 3. The summed E-state index contributed by atoms with van der Waals surface area (Å²) >= 11 is 0. The van der Waals surface area contributed by atoms with E-state index in [1.807, 2.05) is 12.1 Å². The van der Waals surface area contributed by atoms with Gasteiger partial charge >= 0.3 is 17.1 Å². The molecule has 0 saturated carbocycles. The van der Waals surface area contributed by atoms with E-state index in [0.29, 0.717) is 0 Å². The molecule has 3 nitrogen and oxygen atoms in total. The molecule has 274 valence electrons. The van der Waals surface area contributed by atoms with Crippen LogP contribution in [0.2, 0.25) is 52.4 Å². The first-order valence-electron chi connectivity index (χ1n) is 10.8. The Morgan fingerprint density at radius 3 is 0.756 bits per heavy atom. The highest BCUT2D eigenvalue weighted by atomic mass is 28.5. The van der Waals surface area contributed by atoms with Gasteiger partial charge in [-0.05, 0) is 62.7 Å². The summed E-state index contributed by atoms with van der Waals surface area (Å²) in [4.78, 5) is 0. The number of rotatable bonds is 8. The van der Waals surface area contributed by atoms with Gasteiger partial charge in [-0.3, -0.25) is 0 Å². The maximum Gasteiger partial charge on any atom is 0.388 e. The average molecular weight is 777 g/mol. The van der Waals surface area contributed by atoms with Gasteiger partial charge in [0.15, 0.2) is 16.6 Å². The summed E-state index contributed by atoms with van der Waals surface area (Å²) in [5.74, 6) is 0. The van der Waals surface area contributed by atoms with Gasteiger partial charge < -0.3 is 12.3 Å². The molecule has 0 N–H and O–H groups in total. The molecule has 0 radical (unpaired) electrons. The molecular weight excluding hydrogens is 743 g/mol. The fourth-order valence-corrected chi connectivity index (χ4v) is 20.0. The van der Waals surface area contributed by atoms with Crippen molar-refractivity contribution in [2.75, 3.05) is 0 Å². The second-order valence-electron chi connectivity index (χ2n) is 9.28. The van der Waals surface area contributed by atoms with Crippen LogP contribution < -0.4 is 10.4 Å². The van der Waals surface area contributed by atoms with Crippen LogP contribution in [0.25, 0.3) is 0 Å². The Morgan fingerprint density at radius 1 is 0.333 bits per heavy atom. The highest BCUT2D eigenvalue weighted by molar-refractivity contribution is 7.02. The zero-order valence-electron chi connectivity index (χ0n) is 24.8. The van der Waals surface area contributed by atoms with Crippen LogP contribution in [0.15, 0.2) is 60.7 Å². The van der Waals surface area contributed by atoms with E-state index < -0.39 is 33.8 Å². The zero-order chi connectivity index (χ0) is 38.3. The predicted molar refractivity (Wildman–Crippen MR) is 145 cm³/mol. The van der Waals surface area contributed by atoms with Crippen LogP contribution in [0.3, 0.4) is 0 Å². The van der Waals surface area contributed by atoms with Crippen molar-refractivity contribution in [1.29, 1.82) is 0 Å². The lowest BCUT2D eigenvalue weighted by Gasteiger charge is -2.43. The van der Waals surface area contributed by atoms with Crippen LogP contribution in [-0.4, -0.2) is 33.8 Å². The van der Waals surface area contributed by atoms with Crippen molar-refractivity contribution in [2.45, 2.75) is 52.4 Å². The third-order valence-electron chi connectivity index (χ3n) is 3.70. The molecule has 0 aliphatic rings. The third-order valence-corrected chi connectivity index (χ3v) is 17.0. The van der Waals surface area contributed by atoms with E-state index in [1.54, 1.807) is 0 Å². The summed E-state index contributed by atoms with van der Waals surface area (Å²) in [6, 6.07) is 21.0. The van der Waals surface area contributed by atoms with E-state index >= 15 is 0 Å². The fraction of sp³-hybridized carbons (Fsp3) is 0.400. The Hall–Kier alpha value is -2.07. The maximum atomic E-state index is 8.00. The van der Waals surface area contributed by atoms with Gasteiger partial charge in [0.1, 0.15) is 0 Å². The Balaban J connectivity index is -0.000000109. The van der Waals surface area contributed by atoms with Gasteiger partial charge in [-0.2, -0.15) is 0 Å². The Labute approximate surface area is 252 Å². The van der Waals surface area contributed by atoms with Gasteiger partial charge in [0.05, 0.1) is 0 Å². The van der Waals surface area contributed by atoms with E-state index in [2.05, 4.69) is 101 Å². The molecule has 0 saturated heterocycles. The molecule has 0 atom stereocenters. The van der Waals surface area contributed by atoms with E-state index in [9.17, 15) is 0 Å². The van der Waals surface area contributed by atoms with E-state index in [0.717, 1.165) is 10.4 Å². The second kappa shape index (κ2) is 41.9. The Kier molecular flexibility index (Phi) is 57.6. The van der Waals surface area contributed by atoms with Gasteiger partial charge in [0.2, 0.25) is 0 Å². The molecule has 0 aliphatic heterocycles. The molecule has 0 bridgehead atoms. The van der Waals surface area contributed by atoms with Crippen LogP contribution >= 0.6 is 0 Å². The third kappa shape index (κ3) is 34.6. The van der Waals surface area contributed by atoms with E-state index in [-0.39, 0.29) is 0 Å². The molecule has 2 rings (SSSR count). The smallest absolute Gasteiger partial charge is 0.388 e. The minimum atomic E-state index is -2.90. The lowest BCUT2D eigenvalue weighted by molar-refractivity contribution is 0.108. The lowest BCUT2D eigenvalue weighted by Crippen LogP contribution is -2.71. The van der Waals surface area contributed by atoms with Crippen molar-refractivity contribution in [3.05, 3.63) is 60.7 Å². The van der Waals surface area contributed by atoms with Crippen LogP contribution in [0.5, 0.6) is 0 Å². The lowest BCUT2D eigenvalue weighted by atomic mass is 10.4. The molecule has 0 fully saturated rings. The monoisotopic (exact) mass is 776 g/mol. The first-order valence-corrected chi connectivity index (χ1v) is 22.3. The highest BCUT2D eigenvalue weighted by Gasteiger charge is 2.51. The molecule has 0 unspecified atom stereocenters. The molecule has 0 aliphatic carbocycles. The summed E-state index contributed by atoms with van der Waals surface area (Å²) in [7, 11) is -8.96. The number of hydrogen-bond donors (Lipinski definition) is 0. The molecule has 0 amide bonds. The van der Waals surface area contributed by atoms with Crippen LogP contribution in [0.1, 0.15) is 0 Å². The minimum Gasteiger partial charge on any atom is -0.437 e. The van der Waals surface area contributed by atoms with Gasteiger partial charge in [-0.15, -0.1) is 0 Å². The predicted octanol–water partition coefficient (Wildman–Crippen LogP) is 12.2. The molecule has 0 spiro atoms. The SMILES string of the molecule is C[Si](C)(C)O[Si](C)(C)O[Si](O[Si](C)(C)C)(c1ccccc1)c1ccccc1.FF.FF.FF.FF.FF.FF.FF.FF.FF. The van der Waals surface area contributed by atoms with Crippen molar-refractivity contribution in [3.8, 4) is 0 Å². The highest BCUT2D eigenvalue weighted by Crippen LogP contribution is 2.24.